The van der Waals surface area contributed by atoms with Crippen molar-refractivity contribution in [3.05, 3.63) is 58.7 Å². The van der Waals surface area contributed by atoms with E-state index in [1.54, 1.807) is 18.2 Å². The van der Waals surface area contributed by atoms with E-state index in [2.05, 4.69) is 29.7 Å². The van der Waals surface area contributed by atoms with E-state index in [0.29, 0.717) is 17.9 Å². The lowest BCUT2D eigenvalue weighted by molar-refractivity contribution is 0.0974. The summed E-state index contributed by atoms with van der Waals surface area (Å²) in [7, 11) is 0. The molecule has 0 aliphatic carbocycles. The molecule has 0 spiro atoms. The Labute approximate surface area is 148 Å². The van der Waals surface area contributed by atoms with E-state index in [0.717, 1.165) is 16.8 Å². The predicted molar refractivity (Wildman–Crippen MR) is 102 cm³/mol. The van der Waals surface area contributed by atoms with Crippen LogP contribution in [0.1, 0.15) is 34.0 Å². The van der Waals surface area contributed by atoms with Crippen LogP contribution >= 0.6 is 12.2 Å². The molecule has 0 atom stereocenters. The number of rotatable bonds is 4. The van der Waals surface area contributed by atoms with Gasteiger partial charge in [0.25, 0.3) is 5.91 Å². The quantitative estimate of drug-likeness (QED) is 0.820. The lowest BCUT2D eigenvalue weighted by Crippen LogP contribution is -2.34. The predicted octanol–water partition coefficient (Wildman–Crippen LogP) is 4.14. The smallest absolute Gasteiger partial charge is 0.261 e. The molecule has 0 heterocycles. The standard InChI is InChI=1S/C19H22N2O2S/c1-5-23-16-9-7-6-8-15(16)18(22)21-19(24)20-17-13(3)10-12(2)11-14(17)4/h6-11H,5H2,1-4H3,(H2,20,21,22,24). The summed E-state index contributed by atoms with van der Waals surface area (Å²) in [6.07, 6.45) is 0. The topological polar surface area (TPSA) is 50.4 Å². The lowest BCUT2D eigenvalue weighted by Gasteiger charge is -2.16. The molecule has 1 amide bonds. The zero-order valence-electron chi connectivity index (χ0n) is 14.4. The van der Waals surface area contributed by atoms with Crippen molar-refractivity contribution in [1.29, 1.82) is 0 Å². The van der Waals surface area contributed by atoms with Crippen LogP contribution in [0.2, 0.25) is 0 Å². The average molecular weight is 342 g/mol. The van der Waals surface area contributed by atoms with Crippen molar-refractivity contribution in [3.8, 4) is 5.75 Å². The van der Waals surface area contributed by atoms with Gasteiger partial charge in [-0.05, 0) is 63.2 Å². The number of aryl methyl sites for hydroxylation is 3. The Hall–Kier alpha value is -2.40. The first-order valence-corrected chi connectivity index (χ1v) is 8.25. The molecule has 24 heavy (non-hydrogen) atoms. The van der Waals surface area contributed by atoms with Crippen molar-refractivity contribution in [1.82, 2.24) is 5.32 Å². The molecule has 2 aromatic rings. The molecule has 0 aliphatic heterocycles. The second kappa shape index (κ2) is 7.93. The Kier molecular flexibility index (Phi) is 5.93. The molecular formula is C19H22N2O2S. The number of thiocarbonyl (C=S) groups is 1. The van der Waals surface area contributed by atoms with Gasteiger partial charge < -0.3 is 10.1 Å². The van der Waals surface area contributed by atoms with E-state index in [1.807, 2.05) is 26.8 Å². The van der Waals surface area contributed by atoms with Gasteiger partial charge in [-0.2, -0.15) is 0 Å². The zero-order valence-corrected chi connectivity index (χ0v) is 15.2. The minimum Gasteiger partial charge on any atom is -0.493 e. The summed E-state index contributed by atoms with van der Waals surface area (Å²) in [6.45, 7) is 8.45. The van der Waals surface area contributed by atoms with E-state index >= 15 is 0 Å². The highest BCUT2D eigenvalue weighted by molar-refractivity contribution is 7.80. The zero-order chi connectivity index (χ0) is 17.7. The highest BCUT2D eigenvalue weighted by Gasteiger charge is 2.14. The largest absolute Gasteiger partial charge is 0.493 e. The highest BCUT2D eigenvalue weighted by Crippen LogP contribution is 2.22. The molecule has 0 radical (unpaired) electrons. The molecule has 0 bridgehead atoms. The van der Waals surface area contributed by atoms with E-state index in [9.17, 15) is 4.79 Å². The fourth-order valence-electron chi connectivity index (χ4n) is 2.63. The van der Waals surface area contributed by atoms with Crippen LogP contribution in [0.3, 0.4) is 0 Å². The van der Waals surface area contributed by atoms with E-state index in [-0.39, 0.29) is 11.0 Å². The molecule has 0 aromatic heterocycles. The van der Waals surface area contributed by atoms with Crippen molar-refractivity contribution in [2.45, 2.75) is 27.7 Å². The number of hydrogen-bond acceptors (Lipinski definition) is 3. The van der Waals surface area contributed by atoms with Crippen molar-refractivity contribution < 1.29 is 9.53 Å². The normalized spacial score (nSPS) is 10.2. The van der Waals surface area contributed by atoms with E-state index in [1.165, 1.54) is 5.56 Å². The summed E-state index contributed by atoms with van der Waals surface area (Å²) < 4.78 is 5.48. The number of carbonyl (C=O) groups is 1. The third-order valence-electron chi connectivity index (χ3n) is 3.57. The SMILES string of the molecule is CCOc1ccccc1C(=O)NC(=S)Nc1c(C)cc(C)cc1C. The van der Waals surface area contributed by atoms with Gasteiger partial charge in [-0.1, -0.05) is 29.8 Å². The number of anilines is 1. The third kappa shape index (κ3) is 4.32. The van der Waals surface area contributed by atoms with Crippen LogP contribution in [0.15, 0.2) is 36.4 Å². The van der Waals surface area contributed by atoms with Crippen molar-refractivity contribution in [3.63, 3.8) is 0 Å². The van der Waals surface area contributed by atoms with Gasteiger partial charge in [0.15, 0.2) is 5.11 Å². The molecule has 126 valence electrons. The number of ether oxygens (including phenoxy) is 1. The Balaban J connectivity index is 2.12. The first-order valence-electron chi connectivity index (χ1n) is 7.84. The summed E-state index contributed by atoms with van der Waals surface area (Å²) in [5, 5.41) is 6.10. The van der Waals surface area contributed by atoms with Gasteiger partial charge in [0, 0.05) is 5.69 Å². The first-order chi connectivity index (χ1) is 11.4. The van der Waals surface area contributed by atoms with Crippen LogP contribution in [0, 0.1) is 20.8 Å². The van der Waals surface area contributed by atoms with Crippen molar-refractivity contribution in [2.75, 3.05) is 11.9 Å². The molecule has 0 saturated heterocycles. The number of carbonyl (C=O) groups excluding carboxylic acids is 1. The minimum atomic E-state index is -0.293. The van der Waals surface area contributed by atoms with Gasteiger partial charge in [-0.25, -0.2) is 0 Å². The minimum absolute atomic E-state index is 0.265. The van der Waals surface area contributed by atoms with Gasteiger partial charge in [0.1, 0.15) is 5.75 Å². The van der Waals surface area contributed by atoms with Crippen LogP contribution in [0.4, 0.5) is 5.69 Å². The van der Waals surface area contributed by atoms with Crippen LogP contribution in [-0.4, -0.2) is 17.6 Å². The second-order valence-corrected chi connectivity index (χ2v) is 6.02. The fourth-order valence-corrected chi connectivity index (χ4v) is 2.82. The molecule has 0 unspecified atom stereocenters. The number of hydrogen-bond donors (Lipinski definition) is 2. The van der Waals surface area contributed by atoms with E-state index < -0.39 is 0 Å². The fraction of sp³-hybridized carbons (Fsp3) is 0.263. The number of nitrogens with one attached hydrogen (secondary N) is 2. The summed E-state index contributed by atoms with van der Waals surface area (Å²) in [5.41, 5.74) is 4.73. The van der Waals surface area contributed by atoms with Gasteiger partial charge in [0.2, 0.25) is 0 Å². The number of amides is 1. The average Bonchev–Trinajstić information content (AvgIpc) is 2.51. The maximum atomic E-state index is 12.4. The van der Waals surface area contributed by atoms with Crippen LogP contribution < -0.4 is 15.4 Å². The van der Waals surface area contributed by atoms with Gasteiger partial charge in [-0.3, -0.25) is 10.1 Å². The first kappa shape index (κ1) is 17.9. The maximum Gasteiger partial charge on any atom is 0.261 e. The van der Waals surface area contributed by atoms with Crippen LogP contribution in [0.25, 0.3) is 0 Å². The Bertz CT molecular complexity index is 749. The Morgan fingerprint density at radius 3 is 2.38 bits per heavy atom. The van der Waals surface area contributed by atoms with Crippen LogP contribution in [-0.2, 0) is 0 Å². The Morgan fingerprint density at radius 2 is 1.75 bits per heavy atom. The molecule has 4 nitrogen and oxygen atoms in total. The highest BCUT2D eigenvalue weighted by atomic mass is 32.1. The molecule has 0 fully saturated rings. The number of para-hydroxylation sites is 1. The molecule has 0 aliphatic rings. The van der Waals surface area contributed by atoms with Gasteiger partial charge >= 0.3 is 0 Å². The molecule has 5 heteroatoms. The second-order valence-electron chi connectivity index (χ2n) is 5.61. The summed E-state index contributed by atoms with van der Waals surface area (Å²) in [4.78, 5) is 12.4. The summed E-state index contributed by atoms with van der Waals surface area (Å²) in [5.74, 6) is 0.252. The number of benzene rings is 2. The van der Waals surface area contributed by atoms with Crippen LogP contribution in [0.5, 0.6) is 5.75 Å². The third-order valence-corrected chi connectivity index (χ3v) is 3.78. The Morgan fingerprint density at radius 1 is 1.12 bits per heavy atom. The van der Waals surface area contributed by atoms with Gasteiger partial charge in [0.05, 0.1) is 12.2 Å². The molecule has 2 aromatic carbocycles. The molecule has 2 N–H and O–H groups in total. The summed E-state index contributed by atoms with van der Waals surface area (Å²) >= 11 is 5.29. The lowest BCUT2D eigenvalue weighted by atomic mass is 10.1. The molecule has 2 rings (SSSR count). The van der Waals surface area contributed by atoms with Crippen molar-refractivity contribution >= 4 is 28.9 Å². The monoisotopic (exact) mass is 342 g/mol. The molecular weight excluding hydrogens is 320 g/mol. The summed E-state index contributed by atoms with van der Waals surface area (Å²) in [6, 6.07) is 11.3. The molecule has 0 saturated carbocycles. The van der Waals surface area contributed by atoms with Crippen molar-refractivity contribution in [2.24, 2.45) is 0 Å². The maximum absolute atomic E-state index is 12.4. The van der Waals surface area contributed by atoms with E-state index in [4.69, 9.17) is 17.0 Å². The van der Waals surface area contributed by atoms with Gasteiger partial charge in [-0.15, -0.1) is 0 Å².